The van der Waals surface area contributed by atoms with E-state index in [-0.39, 0.29) is 23.9 Å². The van der Waals surface area contributed by atoms with Gasteiger partial charge in [-0.05, 0) is 44.6 Å². The molecule has 2 N–H and O–H groups in total. The van der Waals surface area contributed by atoms with Crippen LogP contribution in [0.25, 0.3) is 10.2 Å². The summed E-state index contributed by atoms with van der Waals surface area (Å²) in [6.45, 7) is 2.56. The molecule has 0 aromatic carbocycles. The van der Waals surface area contributed by atoms with E-state index in [0.717, 1.165) is 29.5 Å². The number of fused-ring (bicyclic) bond motifs is 3. The van der Waals surface area contributed by atoms with Crippen LogP contribution in [0.5, 0.6) is 0 Å². The number of aromatic nitrogens is 2. The molecule has 2 heterocycles. The number of amides is 1. The second-order valence-electron chi connectivity index (χ2n) is 6.66. The van der Waals surface area contributed by atoms with Crippen molar-refractivity contribution in [2.24, 2.45) is 0 Å². The fourth-order valence-corrected chi connectivity index (χ4v) is 4.62. The minimum atomic E-state index is -0.250. The van der Waals surface area contributed by atoms with Gasteiger partial charge in [0.05, 0.1) is 12.0 Å². The molecule has 0 radical (unpaired) electrons. The van der Waals surface area contributed by atoms with E-state index in [0.29, 0.717) is 38.2 Å². The topological polar surface area (TPSA) is 101 Å². The smallest absolute Gasteiger partial charge is 0.305 e. The van der Waals surface area contributed by atoms with E-state index in [9.17, 15) is 14.4 Å². The molecule has 3 rings (SSSR count). The largest absolute Gasteiger partial charge is 0.466 e. The van der Waals surface area contributed by atoms with E-state index < -0.39 is 0 Å². The van der Waals surface area contributed by atoms with Gasteiger partial charge in [-0.25, -0.2) is 4.98 Å². The molecule has 2 aromatic heterocycles. The second kappa shape index (κ2) is 9.12. The number of thiophene rings is 1. The zero-order valence-electron chi connectivity index (χ0n) is 15.6. The maximum absolute atomic E-state index is 12.5. The van der Waals surface area contributed by atoms with Crippen molar-refractivity contribution in [1.82, 2.24) is 15.3 Å². The predicted molar refractivity (Wildman–Crippen MR) is 104 cm³/mol. The van der Waals surface area contributed by atoms with Gasteiger partial charge in [-0.2, -0.15) is 0 Å². The first-order valence-corrected chi connectivity index (χ1v) is 10.4. The van der Waals surface area contributed by atoms with Gasteiger partial charge < -0.3 is 15.0 Å². The van der Waals surface area contributed by atoms with Crippen LogP contribution in [-0.2, 0) is 33.6 Å². The summed E-state index contributed by atoms with van der Waals surface area (Å²) < 4.78 is 4.84. The lowest BCUT2D eigenvalue weighted by molar-refractivity contribution is -0.143. The minimum Gasteiger partial charge on any atom is -0.466 e. The zero-order valence-corrected chi connectivity index (χ0v) is 16.4. The van der Waals surface area contributed by atoms with Crippen molar-refractivity contribution in [3.05, 3.63) is 26.6 Å². The Hall–Kier alpha value is -2.22. The standard InChI is InChI=1S/C19H25N3O4S/c1-2-26-16(24)8-5-11-20-15(23)10-9-14-21-18(25)17-12-6-3-4-7-13(12)27-19(17)22-14/h2-11H2,1H3,(H,20,23)(H,21,22,25). The third-order valence-corrected chi connectivity index (χ3v) is 5.83. The molecule has 0 fully saturated rings. The lowest BCUT2D eigenvalue weighted by Gasteiger charge is -2.09. The molecule has 1 amide bonds. The molecule has 146 valence electrons. The average molecular weight is 391 g/mol. The van der Waals surface area contributed by atoms with Crippen molar-refractivity contribution in [2.75, 3.05) is 13.2 Å². The molecule has 0 aliphatic heterocycles. The SMILES string of the molecule is CCOC(=O)CCCNC(=O)CCc1nc2sc3c(c2c(=O)[nH]1)CCCC3. The Bertz CT molecular complexity index is 887. The lowest BCUT2D eigenvalue weighted by Crippen LogP contribution is -2.25. The van der Waals surface area contributed by atoms with Crippen LogP contribution in [0.4, 0.5) is 0 Å². The van der Waals surface area contributed by atoms with Gasteiger partial charge in [0.15, 0.2) is 0 Å². The lowest BCUT2D eigenvalue weighted by atomic mass is 9.97. The number of aryl methyl sites for hydroxylation is 3. The molecule has 0 bridgehead atoms. The Labute approximate surface area is 161 Å². The fourth-order valence-electron chi connectivity index (χ4n) is 3.34. The summed E-state index contributed by atoms with van der Waals surface area (Å²) in [6.07, 6.45) is 5.75. The van der Waals surface area contributed by atoms with Crippen molar-refractivity contribution in [3.63, 3.8) is 0 Å². The molecule has 27 heavy (non-hydrogen) atoms. The number of hydrogen-bond acceptors (Lipinski definition) is 6. The van der Waals surface area contributed by atoms with Crippen molar-refractivity contribution in [1.29, 1.82) is 0 Å². The molecule has 0 unspecified atom stereocenters. The van der Waals surface area contributed by atoms with Crippen LogP contribution in [0.2, 0.25) is 0 Å². The van der Waals surface area contributed by atoms with Crippen LogP contribution >= 0.6 is 11.3 Å². The van der Waals surface area contributed by atoms with E-state index in [1.54, 1.807) is 18.3 Å². The molecular weight excluding hydrogens is 366 g/mol. The van der Waals surface area contributed by atoms with E-state index in [2.05, 4.69) is 15.3 Å². The highest BCUT2D eigenvalue weighted by Crippen LogP contribution is 2.33. The van der Waals surface area contributed by atoms with Crippen molar-refractivity contribution >= 4 is 33.4 Å². The molecule has 0 saturated heterocycles. The predicted octanol–water partition coefficient (Wildman–Crippen LogP) is 2.26. The fraction of sp³-hybridized carbons (Fsp3) is 0.579. The van der Waals surface area contributed by atoms with E-state index >= 15 is 0 Å². The van der Waals surface area contributed by atoms with Crippen LogP contribution in [0.3, 0.4) is 0 Å². The zero-order chi connectivity index (χ0) is 19.2. The van der Waals surface area contributed by atoms with Crippen LogP contribution in [0.15, 0.2) is 4.79 Å². The highest BCUT2D eigenvalue weighted by Gasteiger charge is 2.19. The summed E-state index contributed by atoms with van der Waals surface area (Å²) in [5.41, 5.74) is 1.07. The number of carbonyl (C=O) groups excluding carboxylic acids is 2. The minimum absolute atomic E-state index is 0.0933. The van der Waals surface area contributed by atoms with Gasteiger partial charge in [0.2, 0.25) is 5.91 Å². The monoisotopic (exact) mass is 391 g/mol. The third-order valence-electron chi connectivity index (χ3n) is 4.65. The maximum Gasteiger partial charge on any atom is 0.305 e. The number of carbonyl (C=O) groups is 2. The Morgan fingerprint density at radius 2 is 2.07 bits per heavy atom. The first kappa shape index (κ1) is 19.5. The van der Waals surface area contributed by atoms with Gasteiger partial charge in [0, 0.05) is 30.7 Å². The van der Waals surface area contributed by atoms with Gasteiger partial charge >= 0.3 is 5.97 Å². The number of rotatable bonds is 8. The van der Waals surface area contributed by atoms with Gasteiger partial charge in [-0.1, -0.05) is 0 Å². The van der Waals surface area contributed by atoms with Crippen molar-refractivity contribution < 1.29 is 14.3 Å². The number of hydrogen-bond donors (Lipinski definition) is 2. The van der Waals surface area contributed by atoms with Gasteiger partial charge in [0.25, 0.3) is 5.56 Å². The first-order valence-electron chi connectivity index (χ1n) is 9.54. The second-order valence-corrected chi connectivity index (χ2v) is 7.75. The van der Waals surface area contributed by atoms with E-state index in [1.165, 1.54) is 16.9 Å². The van der Waals surface area contributed by atoms with Gasteiger partial charge in [0.1, 0.15) is 10.7 Å². The van der Waals surface area contributed by atoms with E-state index in [4.69, 9.17) is 4.74 Å². The highest BCUT2D eigenvalue weighted by molar-refractivity contribution is 7.18. The summed E-state index contributed by atoms with van der Waals surface area (Å²) in [5.74, 6) is 0.181. The summed E-state index contributed by atoms with van der Waals surface area (Å²) in [7, 11) is 0. The first-order chi connectivity index (χ1) is 13.1. The molecular formula is C19H25N3O4S. The number of nitrogens with zero attached hydrogens (tertiary/aromatic N) is 1. The van der Waals surface area contributed by atoms with Crippen LogP contribution in [0.1, 0.15) is 55.3 Å². The summed E-state index contributed by atoms with van der Waals surface area (Å²) in [5, 5.41) is 3.52. The number of nitrogens with one attached hydrogen (secondary N) is 2. The Balaban J connectivity index is 1.52. The average Bonchev–Trinajstić information content (AvgIpc) is 3.02. The molecule has 2 aromatic rings. The van der Waals surface area contributed by atoms with Crippen LogP contribution in [0, 0.1) is 0 Å². The number of H-pyrrole nitrogens is 1. The van der Waals surface area contributed by atoms with E-state index in [1.807, 2.05) is 0 Å². The molecule has 0 saturated carbocycles. The number of aromatic amines is 1. The highest BCUT2D eigenvalue weighted by atomic mass is 32.1. The Morgan fingerprint density at radius 3 is 2.89 bits per heavy atom. The molecule has 0 atom stereocenters. The normalized spacial score (nSPS) is 13.4. The number of ether oxygens (including phenoxy) is 1. The molecule has 8 heteroatoms. The quantitative estimate of drug-likeness (QED) is 0.531. The molecule has 1 aliphatic carbocycles. The Kier molecular flexibility index (Phi) is 6.60. The van der Waals surface area contributed by atoms with Gasteiger partial charge in [-0.3, -0.25) is 14.4 Å². The summed E-state index contributed by atoms with van der Waals surface area (Å²) in [6, 6.07) is 0. The molecule has 7 nitrogen and oxygen atoms in total. The number of esters is 1. The van der Waals surface area contributed by atoms with Gasteiger partial charge in [-0.15, -0.1) is 11.3 Å². The summed E-state index contributed by atoms with van der Waals surface area (Å²) >= 11 is 1.61. The van der Waals surface area contributed by atoms with Crippen LogP contribution in [-0.4, -0.2) is 35.0 Å². The Morgan fingerprint density at radius 1 is 1.26 bits per heavy atom. The van der Waals surface area contributed by atoms with Crippen molar-refractivity contribution in [3.8, 4) is 0 Å². The van der Waals surface area contributed by atoms with Crippen LogP contribution < -0.4 is 10.9 Å². The molecule has 1 aliphatic rings. The third kappa shape index (κ3) is 4.94. The molecule has 0 spiro atoms. The maximum atomic E-state index is 12.5. The summed E-state index contributed by atoms with van der Waals surface area (Å²) in [4.78, 5) is 45.1. The van der Waals surface area contributed by atoms with Crippen molar-refractivity contribution in [2.45, 2.75) is 58.3 Å².